The van der Waals surface area contributed by atoms with E-state index in [1.165, 1.54) is 6.07 Å². The van der Waals surface area contributed by atoms with Gasteiger partial charge in [0.15, 0.2) is 0 Å². The first-order chi connectivity index (χ1) is 11.8. The minimum atomic E-state index is -0.932. The molecule has 1 unspecified atom stereocenters. The van der Waals surface area contributed by atoms with Gasteiger partial charge in [-0.15, -0.1) is 0 Å². The number of carbonyl (C=O) groups is 1. The average Bonchev–Trinajstić information content (AvgIpc) is 2.56. The van der Waals surface area contributed by atoms with Gasteiger partial charge in [0, 0.05) is 17.8 Å². The Morgan fingerprint density at radius 2 is 2.04 bits per heavy atom. The van der Waals surface area contributed by atoms with E-state index in [1.54, 1.807) is 32.0 Å². The van der Waals surface area contributed by atoms with Gasteiger partial charge in [0.2, 0.25) is 5.91 Å². The van der Waals surface area contributed by atoms with Gasteiger partial charge in [-0.25, -0.2) is 0 Å². The van der Waals surface area contributed by atoms with Crippen LogP contribution in [0.4, 0.5) is 11.4 Å². The Bertz CT molecular complexity index is 911. The molecule has 0 spiro atoms. The molecule has 1 aromatic carbocycles. The van der Waals surface area contributed by atoms with E-state index < -0.39 is 22.4 Å². The van der Waals surface area contributed by atoms with Crippen LogP contribution in [0.5, 0.6) is 0 Å². The summed E-state index contributed by atoms with van der Waals surface area (Å²) >= 11 is 0. The van der Waals surface area contributed by atoms with Crippen molar-refractivity contribution >= 4 is 17.3 Å². The summed E-state index contributed by atoms with van der Waals surface area (Å²) in [5, 5.41) is 22.5. The molecule has 0 aliphatic heterocycles. The number of hydrogen-bond donors (Lipinski definition) is 1. The summed E-state index contributed by atoms with van der Waals surface area (Å²) < 4.78 is 1.06. The van der Waals surface area contributed by atoms with E-state index in [9.17, 15) is 19.7 Å². The van der Waals surface area contributed by atoms with Gasteiger partial charge in [0.1, 0.15) is 6.04 Å². The van der Waals surface area contributed by atoms with E-state index in [-0.39, 0.29) is 11.6 Å². The van der Waals surface area contributed by atoms with Gasteiger partial charge in [0.05, 0.1) is 22.8 Å². The SMILES string of the molecule is CC(C)C(C(=O)Nc1cccc(C#N)c1)n1cc([N+](=O)[O-])ccc1=O. The van der Waals surface area contributed by atoms with Crippen molar-refractivity contribution in [2.75, 3.05) is 5.32 Å². The lowest BCUT2D eigenvalue weighted by Crippen LogP contribution is -2.36. The van der Waals surface area contributed by atoms with Crippen LogP contribution in [0.3, 0.4) is 0 Å². The average molecular weight is 340 g/mol. The number of rotatable bonds is 5. The normalized spacial score (nSPS) is 11.6. The zero-order valence-corrected chi connectivity index (χ0v) is 13.7. The number of nitriles is 1. The third-order valence-electron chi connectivity index (χ3n) is 3.59. The summed E-state index contributed by atoms with van der Waals surface area (Å²) in [5.74, 6) is -0.786. The van der Waals surface area contributed by atoms with Crippen molar-refractivity contribution in [2.24, 2.45) is 5.92 Å². The maximum atomic E-state index is 12.7. The van der Waals surface area contributed by atoms with Crippen molar-refractivity contribution in [1.29, 1.82) is 5.26 Å². The molecular weight excluding hydrogens is 324 g/mol. The van der Waals surface area contributed by atoms with Crippen molar-refractivity contribution in [2.45, 2.75) is 19.9 Å². The molecule has 25 heavy (non-hydrogen) atoms. The molecule has 1 N–H and O–H groups in total. The molecule has 0 radical (unpaired) electrons. The number of pyridine rings is 1. The van der Waals surface area contributed by atoms with E-state index in [1.807, 2.05) is 6.07 Å². The number of benzene rings is 1. The highest BCUT2D eigenvalue weighted by molar-refractivity contribution is 5.94. The molecule has 0 aliphatic carbocycles. The number of anilines is 1. The van der Waals surface area contributed by atoms with Crippen LogP contribution in [0.25, 0.3) is 0 Å². The third-order valence-corrected chi connectivity index (χ3v) is 3.59. The number of hydrogen-bond acceptors (Lipinski definition) is 5. The number of nitro groups is 1. The predicted octanol–water partition coefficient (Wildman–Crippen LogP) is 2.46. The maximum absolute atomic E-state index is 12.7. The molecule has 2 rings (SSSR count). The summed E-state index contributed by atoms with van der Waals surface area (Å²) in [6, 6.07) is 9.55. The topological polar surface area (TPSA) is 118 Å². The molecule has 8 nitrogen and oxygen atoms in total. The Morgan fingerprint density at radius 1 is 1.32 bits per heavy atom. The fraction of sp³-hybridized carbons (Fsp3) is 0.235. The first-order valence-corrected chi connectivity index (χ1v) is 7.51. The highest BCUT2D eigenvalue weighted by Gasteiger charge is 2.26. The summed E-state index contributed by atoms with van der Waals surface area (Å²) in [5.41, 5.74) is 0.00865. The molecule has 128 valence electrons. The van der Waals surface area contributed by atoms with Crippen molar-refractivity contribution in [3.8, 4) is 6.07 Å². The van der Waals surface area contributed by atoms with Crippen LogP contribution in [-0.4, -0.2) is 15.4 Å². The molecule has 2 aromatic rings. The van der Waals surface area contributed by atoms with Crippen LogP contribution in [0.15, 0.2) is 47.4 Å². The van der Waals surface area contributed by atoms with Crippen molar-refractivity contribution < 1.29 is 9.72 Å². The van der Waals surface area contributed by atoms with Crippen LogP contribution in [0, 0.1) is 27.4 Å². The number of aromatic nitrogens is 1. The number of nitrogens with zero attached hydrogens (tertiary/aromatic N) is 3. The predicted molar refractivity (Wildman–Crippen MR) is 91.0 cm³/mol. The van der Waals surface area contributed by atoms with Crippen LogP contribution in [-0.2, 0) is 4.79 Å². The zero-order chi connectivity index (χ0) is 18.6. The highest BCUT2D eigenvalue weighted by atomic mass is 16.6. The van der Waals surface area contributed by atoms with E-state index in [0.717, 1.165) is 22.9 Å². The molecule has 0 bridgehead atoms. The Hall–Kier alpha value is -3.47. The molecule has 8 heteroatoms. The van der Waals surface area contributed by atoms with Crippen molar-refractivity contribution in [3.63, 3.8) is 0 Å². The fourth-order valence-corrected chi connectivity index (χ4v) is 2.45. The number of carbonyl (C=O) groups excluding carboxylic acids is 1. The molecule has 0 saturated carbocycles. The van der Waals surface area contributed by atoms with Gasteiger partial charge in [-0.2, -0.15) is 5.26 Å². The van der Waals surface area contributed by atoms with Crippen molar-refractivity contribution in [3.05, 3.63) is 68.6 Å². The molecule has 1 aromatic heterocycles. The second kappa shape index (κ2) is 7.40. The Kier molecular flexibility index (Phi) is 5.29. The van der Waals surface area contributed by atoms with Crippen LogP contribution >= 0.6 is 0 Å². The molecule has 1 heterocycles. The quantitative estimate of drug-likeness (QED) is 0.662. The summed E-state index contributed by atoms with van der Waals surface area (Å²) in [7, 11) is 0. The summed E-state index contributed by atoms with van der Waals surface area (Å²) in [4.78, 5) is 35.1. The molecule has 0 aliphatic rings. The smallest absolute Gasteiger partial charge is 0.285 e. The second-order valence-corrected chi connectivity index (χ2v) is 5.76. The van der Waals surface area contributed by atoms with Gasteiger partial charge in [-0.3, -0.25) is 24.3 Å². The summed E-state index contributed by atoms with van der Waals surface area (Å²) in [6.45, 7) is 3.47. The number of amides is 1. The van der Waals surface area contributed by atoms with Gasteiger partial charge in [0.25, 0.3) is 11.2 Å². The van der Waals surface area contributed by atoms with Gasteiger partial charge in [-0.1, -0.05) is 19.9 Å². The monoisotopic (exact) mass is 340 g/mol. The lowest BCUT2D eigenvalue weighted by Gasteiger charge is -2.22. The van der Waals surface area contributed by atoms with E-state index in [4.69, 9.17) is 5.26 Å². The fourth-order valence-electron chi connectivity index (χ4n) is 2.45. The second-order valence-electron chi connectivity index (χ2n) is 5.76. The first kappa shape index (κ1) is 17.9. The minimum absolute atomic E-state index is 0.274. The lowest BCUT2D eigenvalue weighted by atomic mass is 10.0. The lowest BCUT2D eigenvalue weighted by molar-refractivity contribution is -0.385. The Balaban J connectivity index is 2.39. The van der Waals surface area contributed by atoms with Crippen LogP contribution < -0.4 is 10.9 Å². The molecule has 0 fully saturated rings. The Morgan fingerprint density at radius 3 is 2.64 bits per heavy atom. The standard InChI is InChI=1S/C17H16N4O4/c1-11(2)16(20-10-14(21(24)25)6-7-15(20)22)17(23)19-13-5-3-4-12(8-13)9-18/h3-8,10-11,16H,1-2H3,(H,19,23). The van der Waals surface area contributed by atoms with E-state index >= 15 is 0 Å². The largest absolute Gasteiger partial charge is 0.324 e. The Labute approximate surface area is 143 Å². The first-order valence-electron chi connectivity index (χ1n) is 7.51. The highest BCUT2D eigenvalue weighted by Crippen LogP contribution is 2.21. The molecule has 0 saturated heterocycles. The maximum Gasteiger partial charge on any atom is 0.285 e. The molecule has 1 atom stereocenters. The van der Waals surface area contributed by atoms with E-state index in [2.05, 4.69) is 5.32 Å². The third kappa shape index (κ3) is 4.09. The van der Waals surface area contributed by atoms with Gasteiger partial charge < -0.3 is 5.32 Å². The zero-order valence-electron chi connectivity index (χ0n) is 13.7. The summed E-state index contributed by atoms with van der Waals surface area (Å²) in [6.07, 6.45) is 1.07. The van der Waals surface area contributed by atoms with Gasteiger partial charge in [-0.05, 0) is 24.1 Å². The van der Waals surface area contributed by atoms with Crippen LogP contribution in [0.2, 0.25) is 0 Å². The molecular formula is C17H16N4O4. The van der Waals surface area contributed by atoms with E-state index in [0.29, 0.717) is 11.3 Å². The minimum Gasteiger partial charge on any atom is -0.324 e. The van der Waals surface area contributed by atoms with Crippen LogP contribution in [0.1, 0.15) is 25.5 Å². The number of nitrogens with one attached hydrogen (secondary N) is 1. The van der Waals surface area contributed by atoms with Crippen molar-refractivity contribution in [1.82, 2.24) is 4.57 Å². The van der Waals surface area contributed by atoms with Gasteiger partial charge >= 0.3 is 0 Å². The molecule has 1 amide bonds.